The monoisotopic (exact) mass is 166 g/mol. The van der Waals surface area contributed by atoms with Gasteiger partial charge in [0.1, 0.15) is 5.75 Å². The van der Waals surface area contributed by atoms with Crippen molar-refractivity contribution in [2.45, 2.75) is 19.1 Å². The molecule has 0 aliphatic carbocycles. The van der Waals surface area contributed by atoms with Crippen LogP contribution in [0.3, 0.4) is 0 Å². The molecule has 1 aromatic carbocycles. The number of benzene rings is 1. The number of para-hydroxylation sites is 1. The Morgan fingerprint density at radius 1 is 1.36 bits per heavy atom. The Kier molecular flexibility index (Phi) is 3.17. The maximum atomic E-state index is 5.63. The third-order valence-electron chi connectivity index (χ3n) is 1.66. The van der Waals surface area contributed by atoms with Crippen LogP contribution < -0.4 is 4.74 Å². The normalized spacial score (nSPS) is 12.8. The summed E-state index contributed by atoms with van der Waals surface area (Å²) in [6, 6.07) is 10.0. The molecule has 0 aromatic heterocycles. The van der Waals surface area contributed by atoms with Crippen molar-refractivity contribution in [2.75, 3.05) is 0 Å². The van der Waals surface area contributed by atoms with E-state index in [4.69, 9.17) is 4.74 Å². The lowest BCUT2D eigenvalue weighted by Gasteiger charge is -2.11. The number of rotatable bonds is 3. The SMILES string of the molecule is CCC([SiH3])Oc1ccccc1. The van der Waals surface area contributed by atoms with Crippen LogP contribution in [0.4, 0.5) is 0 Å². The molecule has 1 atom stereocenters. The molecule has 1 nitrogen and oxygen atoms in total. The summed E-state index contributed by atoms with van der Waals surface area (Å²) in [4.78, 5) is 0. The fourth-order valence-electron chi connectivity index (χ4n) is 0.815. The third kappa shape index (κ3) is 2.76. The van der Waals surface area contributed by atoms with Crippen molar-refractivity contribution < 1.29 is 4.74 Å². The van der Waals surface area contributed by atoms with E-state index in [1.54, 1.807) is 0 Å². The van der Waals surface area contributed by atoms with Crippen molar-refractivity contribution in [1.82, 2.24) is 0 Å². The minimum absolute atomic E-state index is 0.456. The van der Waals surface area contributed by atoms with Gasteiger partial charge in [-0.3, -0.25) is 0 Å². The minimum Gasteiger partial charge on any atom is -0.495 e. The van der Waals surface area contributed by atoms with Crippen LogP contribution in [0, 0.1) is 0 Å². The summed E-state index contributed by atoms with van der Waals surface area (Å²) >= 11 is 0. The third-order valence-corrected chi connectivity index (χ3v) is 2.71. The van der Waals surface area contributed by atoms with E-state index in [1.165, 1.54) is 0 Å². The van der Waals surface area contributed by atoms with Gasteiger partial charge in [-0.1, -0.05) is 25.1 Å². The summed E-state index contributed by atoms with van der Waals surface area (Å²) in [5.74, 6) is 0.995. The molecule has 0 aliphatic rings. The van der Waals surface area contributed by atoms with Crippen molar-refractivity contribution in [1.29, 1.82) is 0 Å². The maximum Gasteiger partial charge on any atom is 0.119 e. The molecular weight excluding hydrogens is 152 g/mol. The van der Waals surface area contributed by atoms with E-state index in [-0.39, 0.29) is 0 Å². The van der Waals surface area contributed by atoms with Crippen LogP contribution in [0.25, 0.3) is 0 Å². The Hall–Kier alpha value is -0.763. The van der Waals surface area contributed by atoms with E-state index >= 15 is 0 Å². The predicted octanol–water partition coefficient (Wildman–Crippen LogP) is 1.17. The van der Waals surface area contributed by atoms with Crippen LogP contribution in [0.1, 0.15) is 13.3 Å². The fraction of sp³-hybridized carbons (Fsp3) is 0.333. The molecule has 0 heterocycles. The minimum atomic E-state index is 0.456. The highest BCUT2D eigenvalue weighted by molar-refractivity contribution is 6.11. The summed E-state index contributed by atoms with van der Waals surface area (Å²) in [5, 5.41) is 0. The van der Waals surface area contributed by atoms with Gasteiger partial charge in [0.25, 0.3) is 0 Å². The first-order valence-corrected chi connectivity index (χ1v) is 5.20. The quantitative estimate of drug-likeness (QED) is 0.612. The van der Waals surface area contributed by atoms with Gasteiger partial charge in [-0.2, -0.15) is 0 Å². The van der Waals surface area contributed by atoms with E-state index in [2.05, 4.69) is 6.92 Å². The Morgan fingerprint density at radius 3 is 2.55 bits per heavy atom. The van der Waals surface area contributed by atoms with Crippen LogP contribution in [-0.4, -0.2) is 16.0 Å². The van der Waals surface area contributed by atoms with Crippen molar-refractivity contribution in [2.24, 2.45) is 0 Å². The summed E-state index contributed by atoms with van der Waals surface area (Å²) < 4.78 is 5.63. The van der Waals surface area contributed by atoms with Crippen LogP contribution >= 0.6 is 0 Å². The predicted molar refractivity (Wildman–Crippen MR) is 51.1 cm³/mol. The molecule has 0 spiro atoms. The second kappa shape index (κ2) is 4.19. The highest BCUT2D eigenvalue weighted by atomic mass is 28.1. The van der Waals surface area contributed by atoms with Gasteiger partial charge in [0.2, 0.25) is 0 Å². The van der Waals surface area contributed by atoms with Crippen molar-refractivity contribution in [3.05, 3.63) is 30.3 Å². The Labute approximate surface area is 70.8 Å². The van der Waals surface area contributed by atoms with Crippen molar-refractivity contribution in [3.8, 4) is 5.75 Å². The topological polar surface area (TPSA) is 9.23 Å². The summed E-state index contributed by atoms with van der Waals surface area (Å²) in [7, 11) is 1.10. The molecule has 0 aliphatic heterocycles. The standard InChI is InChI=1S/C9H14OSi/c1-2-9(11)10-8-6-4-3-5-7-8/h3-7,9H,2H2,1,11H3. The zero-order chi connectivity index (χ0) is 8.10. The van der Waals surface area contributed by atoms with Crippen molar-refractivity contribution in [3.63, 3.8) is 0 Å². The molecule has 0 bridgehead atoms. The Bertz CT molecular complexity index is 198. The van der Waals surface area contributed by atoms with Crippen LogP contribution in [0.5, 0.6) is 5.75 Å². The summed E-state index contributed by atoms with van der Waals surface area (Å²) in [5.41, 5.74) is 0.456. The van der Waals surface area contributed by atoms with Gasteiger partial charge < -0.3 is 4.74 Å². The van der Waals surface area contributed by atoms with Gasteiger partial charge in [-0.25, -0.2) is 0 Å². The first kappa shape index (κ1) is 8.33. The van der Waals surface area contributed by atoms with Gasteiger partial charge in [0, 0.05) is 0 Å². The second-order valence-corrected chi connectivity index (χ2v) is 3.94. The molecule has 1 rings (SSSR count). The van der Waals surface area contributed by atoms with Gasteiger partial charge in [-0.15, -0.1) is 0 Å². The van der Waals surface area contributed by atoms with Gasteiger partial charge in [-0.05, 0) is 18.6 Å². The number of ether oxygens (including phenoxy) is 1. The summed E-state index contributed by atoms with van der Waals surface area (Å²) in [6.07, 6.45) is 1.11. The number of hydrogen-bond acceptors (Lipinski definition) is 1. The van der Waals surface area contributed by atoms with E-state index < -0.39 is 0 Å². The van der Waals surface area contributed by atoms with Crippen LogP contribution in [0.15, 0.2) is 30.3 Å². The average Bonchev–Trinajstić information content (AvgIpc) is 2.06. The zero-order valence-corrected chi connectivity index (χ0v) is 9.08. The molecule has 1 aromatic rings. The lowest BCUT2D eigenvalue weighted by atomic mass is 10.3. The maximum absolute atomic E-state index is 5.63. The molecule has 2 heteroatoms. The van der Waals surface area contributed by atoms with Crippen LogP contribution in [-0.2, 0) is 0 Å². The van der Waals surface area contributed by atoms with Gasteiger partial charge in [0.15, 0.2) is 0 Å². The van der Waals surface area contributed by atoms with Crippen LogP contribution in [0.2, 0.25) is 0 Å². The molecule has 0 amide bonds. The first-order chi connectivity index (χ1) is 5.33. The van der Waals surface area contributed by atoms with Gasteiger partial charge in [0.05, 0.1) is 16.0 Å². The van der Waals surface area contributed by atoms with E-state index in [0.717, 1.165) is 22.4 Å². The molecule has 0 fully saturated rings. The molecular formula is C9H14OSi. The highest BCUT2D eigenvalue weighted by Gasteiger charge is 1.97. The Balaban J connectivity index is 2.51. The number of hydrogen-bond donors (Lipinski definition) is 0. The molecule has 1 unspecified atom stereocenters. The van der Waals surface area contributed by atoms with E-state index in [9.17, 15) is 0 Å². The highest BCUT2D eigenvalue weighted by Crippen LogP contribution is 2.10. The largest absolute Gasteiger partial charge is 0.495 e. The van der Waals surface area contributed by atoms with Gasteiger partial charge >= 0.3 is 0 Å². The lowest BCUT2D eigenvalue weighted by Crippen LogP contribution is -2.14. The fourth-order valence-corrected chi connectivity index (χ4v) is 1.09. The molecule has 11 heavy (non-hydrogen) atoms. The smallest absolute Gasteiger partial charge is 0.119 e. The molecule has 0 N–H and O–H groups in total. The average molecular weight is 166 g/mol. The molecule has 60 valence electrons. The molecule has 0 radical (unpaired) electrons. The molecule has 0 saturated heterocycles. The zero-order valence-electron chi connectivity index (χ0n) is 7.08. The summed E-state index contributed by atoms with van der Waals surface area (Å²) in [6.45, 7) is 2.15. The first-order valence-electron chi connectivity index (χ1n) is 4.04. The second-order valence-electron chi connectivity index (χ2n) is 2.65. The van der Waals surface area contributed by atoms with Crippen molar-refractivity contribution >= 4 is 10.2 Å². The van der Waals surface area contributed by atoms with E-state index in [0.29, 0.717) is 5.73 Å². The van der Waals surface area contributed by atoms with E-state index in [1.807, 2.05) is 30.3 Å². The molecule has 0 saturated carbocycles. The lowest BCUT2D eigenvalue weighted by molar-refractivity contribution is 0.276. The Morgan fingerprint density at radius 2 is 2.00 bits per heavy atom.